The third kappa shape index (κ3) is 2.82. The van der Waals surface area contributed by atoms with Crippen LogP contribution in [0.1, 0.15) is 13.3 Å². The van der Waals surface area contributed by atoms with Gasteiger partial charge in [-0.1, -0.05) is 30.8 Å². The molecular formula is C13H18N2OS. The van der Waals surface area contributed by atoms with Gasteiger partial charge < -0.3 is 9.30 Å². The standard InChI is InChI=1S/C13H18N2OS/c1-3-10-17-13-14-11-6-4-5-7-12(11)15(13)8-9-16-2/h4-7H,3,8-10H2,1-2H3. The van der Waals surface area contributed by atoms with Gasteiger partial charge in [0.1, 0.15) is 0 Å². The second-order valence-corrected chi connectivity index (χ2v) is 4.94. The number of hydrogen-bond donors (Lipinski definition) is 0. The number of aromatic nitrogens is 2. The number of para-hydroxylation sites is 2. The Balaban J connectivity index is 2.34. The molecule has 0 spiro atoms. The Morgan fingerprint density at radius 2 is 2.18 bits per heavy atom. The second-order valence-electron chi connectivity index (χ2n) is 3.88. The smallest absolute Gasteiger partial charge is 0.169 e. The van der Waals surface area contributed by atoms with Gasteiger partial charge in [0.15, 0.2) is 5.16 Å². The molecule has 0 aliphatic carbocycles. The van der Waals surface area contributed by atoms with E-state index in [0.717, 1.165) is 36.0 Å². The molecule has 0 aliphatic rings. The van der Waals surface area contributed by atoms with Gasteiger partial charge in [0.05, 0.1) is 17.6 Å². The average molecular weight is 250 g/mol. The first-order valence-electron chi connectivity index (χ1n) is 5.93. The molecule has 2 rings (SSSR count). The van der Waals surface area contributed by atoms with E-state index in [4.69, 9.17) is 4.74 Å². The van der Waals surface area contributed by atoms with Crippen LogP contribution < -0.4 is 0 Å². The van der Waals surface area contributed by atoms with Crippen LogP contribution >= 0.6 is 11.8 Å². The third-order valence-corrected chi connectivity index (χ3v) is 3.76. The van der Waals surface area contributed by atoms with E-state index in [1.165, 1.54) is 5.52 Å². The number of thioether (sulfide) groups is 1. The molecule has 0 aliphatic heterocycles. The first-order chi connectivity index (χ1) is 8.36. The second kappa shape index (κ2) is 6.07. The Bertz CT molecular complexity index is 481. The number of hydrogen-bond acceptors (Lipinski definition) is 3. The van der Waals surface area contributed by atoms with E-state index in [0.29, 0.717) is 0 Å². The quantitative estimate of drug-likeness (QED) is 0.737. The van der Waals surface area contributed by atoms with Gasteiger partial charge in [-0.2, -0.15) is 0 Å². The van der Waals surface area contributed by atoms with Gasteiger partial charge in [0, 0.05) is 19.4 Å². The Labute approximate surface area is 106 Å². The lowest BCUT2D eigenvalue weighted by molar-refractivity contribution is 0.186. The third-order valence-electron chi connectivity index (χ3n) is 2.57. The Hall–Kier alpha value is -1.00. The number of nitrogens with zero attached hydrogens (tertiary/aromatic N) is 2. The molecule has 0 fully saturated rings. The summed E-state index contributed by atoms with van der Waals surface area (Å²) in [4.78, 5) is 4.67. The van der Waals surface area contributed by atoms with Crippen LogP contribution in [0.3, 0.4) is 0 Å². The topological polar surface area (TPSA) is 27.1 Å². The first kappa shape index (κ1) is 12.5. The van der Waals surface area contributed by atoms with Crippen LogP contribution in [0, 0.1) is 0 Å². The fraction of sp³-hybridized carbons (Fsp3) is 0.462. The summed E-state index contributed by atoms with van der Waals surface area (Å²) in [5.74, 6) is 1.11. The van der Waals surface area contributed by atoms with Crippen molar-refractivity contribution < 1.29 is 4.74 Å². The molecule has 1 aromatic heterocycles. The lowest BCUT2D eigenvalue weighted by atomic mass is 10.3. The van der Waals surface area contributed by atoms with Crippen LogP contribution in [0.25, 0.3) is 11.0 Å². The molecule has 0 radical (unpaired) electrons. The number of fused-ring (bicyclic) bond motifs is 1. The summed E-state index contributed by atoms with van der Waals surface area (Å²) in [7, 11) is 1.73. The predicted molar refractivity (Wildman–Crippen MR) is 72.6 cm³/mol. The van der Waals surface area contributed by atoms with Crippen LogP contribution in [0.5, 0.6) is 0 Å². The molecule has 2 aromatic rings. The summed E-state index contributed by atoms with van der Waals surface area (Å²) in [5.41, 5.74) is 2.27. The number of rotatable bonds is 6. The van der Waals surface area contributed by atoms with Gasteiger partial charge >= 0.3 is 0 Å². The summed E-state index contributed by atoms with van der Waals surface area (Å²) in [6, 6.07) is 8.27. The van der Waals surface area contributed by atoms with Crippen LogP contribution in [0.15, 0.2) is 29.4 Å². The Morgan fingerprint density at radius 3 is 2.94 bits per heavy atom. The number of ether oxygens (including phenoxy) is 1. The molecule has 0 N–H and O–H groups in total. The number of imidazole rings is 1. The van der Waals surface area contributed by atoms with Crippen molar-refractivity contribution in [3.05, 3.63) is 24.3 Å². The van der Waals surface area contributed by atoms with Crippen molar-refractivity contribution in [1.29, 1.82) is 0 Å². The highest BCUT2D eigenvalue weighted by Crippen LogP contribution is 2.24. The lowest BCUT2D eigenvalue weighted by Crippen LogP contribution is -2.05. The van der Waals surface area contributed by atoms with E-state index in [-0.39, 0.29) is 0 Å². The molecule has 0 unspecified atom stereocenters. The van der Waals surface area contributed by atoms with Crippen LogP contribution in [0.4, 0.5) is 0 Å². The molecule has 92 valence electrons. The maximum Gasteiger partial charge on any atom is 0.169 e. The fourth-order valence-corrected chi connectivity index (χ4v) is 2.65. The minimum atomic E-state index is 0.722. The summed E-state index contributed by atoms with van der Waals surface area (Å²) < 4.78 is 7.41. The van der Waals surface area contributed by atoms with E-state index in [1.54, 1.807) is 7.11 Å². The molecule has 4 heteroatoms. The van der Waals surface area contributed by atoms with Crippen molar-refractivity contribution in [1.82, 2.24) is 9.55 Å². The maximum absolute atomic E-state index is 5.17. The lowest BCUT2D eigenvalue weighted by Gasteiger charge is -2.07. The van der Waals surface area contributed by atoms with Gasteiger partial charge in [0.2, 0.25) is 0 Å². The van der Waals surface area contributed by atoms with Crippen molar-refractivity contribution in [2.75, 3.05) is 19.5 Å². The number of benzene rings is 1. The summed E-state index contributed by atoms with van der Waals surface area (Å²) in [6.07, 6.45) is 1.16. The Kier molecular flexibility index (Phi) is 4.45. The van der Waals surface area contributed by atoms with Gasteiger partial charge in [-0.05, 0) is 18.6 Å². The average Bonchev–Trinajstić information content (AvgIpc) is 2.71. The van der Waals surface area contributed by atoms with Gasteiger partial charge in [0.25, 0.3) is 0 Å². The highest BCUT2D eigenvalue weighted by molar-refractivity contribution is 7.99. The normalized spacial score (nSPS) is 11.2. The molecule has 0 bridgehead atoms. The fourth-order valence-electron chi connectivity index (χ4n) is 1.76. The Morgan fingerprint density at radius 1 is 1.35 bits per heavy atom. The van der Waals surface area contributed by atoms with Crippen molar-refractivity contribution in [3.63, 3.8) is 0 Å². The molecule has 1 heterocycles. The summed E-state index contributed by atoms with van der Waals surface area (Å²) in [5, 5.41) is 1.10. The molecular weight excluding hydrogens is 232 g/mol. The molecule has 3 nitrogen and oxygen atoms in total. The minimum absolute atomic E-state index is 0.722. The zero-order chi connectivity index (χ0) is 12.1. The minimum Gasteiger partial charge on any atom is -0.383 e. The summed E-state index contributed by atoms with van der Waals surface area (Å²) in [6.45, 7) is 3.78. The van der Waals surface area contributed by atoms with Gasteiger partial charge in [-0.15, -0.1) is 0 Å². The maximum atomic E-state index is 5.17. The molecule has 0 amide bonds. The van der Waals surface area contributed by atoms with Crippen molar-refractivity contribution >= 4 is 22.8 Å². The largest absolute Gasteiger partial charge is 0.383 e. The molecule has 17 heavy (non-hydrogen) atoms. The van der Waals surface area contributed by atoms with Crippen LogP contribution in [0.2, 0.25) is 0 Å². The SMILES string of the molecule is CCCSc1nc2ccccc2n1CCOC. The van der Waals surface area contributed by atoms with E-state index < -0.39 is 0 Å². The predicted octanol–water partition coefficient (Wildman–Crippen LogP) is 3.18. The van der Waals surface area contributed by atoms with E-state index in [1.807, 2.05) is 17.8 Å². The zero-order valence-corrected chi connectivity index (χ0v) is 11.2. The zero-order valence-electron chi connectivity index (χ0n) is 10.3. The van der Waals surface area contributed by atoms with E-state index >= 15 is 0 Å². The van der Waals surface area contributed by atoms with Gasteiger partial charge in [-0.25, -0.2) is 4.98 Å². The van der Waals surface area contributed by atoms with E-state index in [2.05, 4.69) is 34.7 Å². The van der Waals surface area contributed by atoms with Crippen molar-refractivity contribution in [3.8, 4) is 0 Å². The van der Waals surface area contributed by atoms with Gasteiger partial charge in [-0.3, -0.25) is 0 Å². The highest BCUT2D eigenvalue weighted by atomic mass is 32.2. The molecule has 0 saturated heterocycles. The van der Waals surface area contributed by atoms with Crippen LogP contribution in [-0.2, 0) is 11.3 Å². The molecule has 0 atom stereocenters. The first-order valence-corrected chi connectivity index (χ1v) is 6.92. The van der Waals surface area contributed by atoms with E-state index in [9.17, 15) is 0 Å². The summed E-state index contributed by atoms with van der Waals surface area (Å²) >= 11 is 1.82. The van der Waals surface area contributed by atoms with Crippen LogP contribution in [-0.4, -0.2) is 29.0 Å². The molecule has 0 saturated carbocycles. The molecule has 1 aromatic carbocycles. The number of methoxy groups -OCH3 is 1. The van der Waals surface area contributed by atoms with Crippen molar-refractivity contribution in [2.45, 2.75) is 25.0 Å². The highest BCUT2D eigenvalue weighted by Gasteiger charge is 2.09. The van der Waals surface area contributed by atoms with Crippen molar-refractivity contribution in [2.24, 2.45) is 0 Å². The monoisotopic (exact) mass is 250 g/mol.